The Labute approximate surface area is 270 Å². The highest BCUT2D eigenvalue weighted by atomic mass is 19.4. The van der Waals surface area contributed by atoms with Crippen molar-refractivity contribution in [1.29, 1.82) is 0 Å². The number of benzene rings is 2. The maximum Gasteiger partial charge on any atom is 0.416 e. The number of nitrogens with zero attached hydrogens (tertiary/aromatic N) is 2. The first-order valence-electron chi connectivity index (χ1n) is 17.0. The molecule has 0 spiro atoms. The Morgan fingerprint density at radius 2 is 1.65 bits per heavy atom. The number of carbonyl (C=O) groups is 2. The smallest absolute Gasteiger partial charge is 0.383 e. The summed E-state index contributed by atoms with van der Waals surface area (Å²) in [6.45, 7) is 5.50. The molecule has 2 aliphatic heterocycles. The first-order chi connectivity index (χ1) is 22.1. The summed E-state index contributed by atoms with van der Waals surface area (Å²) in [4.78, 5) is 32.0. The van der Waals surface area contributed by atoms with Crippen molar-refractivity contribution in [2.45, 2.75) is 89.1 Å². The molecule has 10 heteroatoms. The van der Waals surface area contributed by atoms with E-state index in [1.54, 1.807) is 0 Å². The summed E-state index contributed by atoms with van der Waals surface area (Å²) in [5, 5.41) is 18.7. The highest BCUT2D eigenvalue weighted by Crippen LogP contribution is 2.48. The lowest BCUT2D eigenvalue weighted by Crippen LogP contribution is -2.59. The van der Waals surface area contributed by atoms with E-state index in [2.05, 4.69) is 22.5 Å². The minimum Gasteiger partial charge on any atom is -0.383 e. The molecular weight excluding hydrogens is 593 g/mol. The number of β-amino-alcohol motifs (C(OH)–C–C–N with tert-alkyl or cyclic N) is 1. The molecular formula is C36H49F3N4O3. The zero-order valence-electron chi connectivity index (χ0n) is 27.0. The molecule has 3 N–H and O–H groups in total. The number of piperidine rings is 1. The van der Waals surface area contributed by atoms with Gasteiger partial charge >= 0.3 is 12.2 Å². The molecule has 2 aromatic carbocycles. The number of nitrogens with one attached hydrogen (secondary N) is 2. The van der Waals surface area contributed by atoms with Crippen LogP contribution in [0.1, 0.15) is 81.4 Å². The van der Waals surface area contributed by atoms with Gasteiger partial charge in [0.1, 0.15) is 11.4 Å². The number of carbonyl (C=O) groups excluding carboxylic acids is 2. The van der Waals surface area contributed by atoms with Crippen LogP contribution in [0.3, 0.4) is 0 Å². The molecule has 0 aromatic heterocycles. The molecule has 252 valence electrons. The fraction of sp³-hybridized carbons (Fsp3) is 0.611. The van der Waals surface area contributed by atoms with E-state index >= 15 is 0 Å². The first kappa shape index (κ1) is 34.4. The monoisotopic (exact) mass is 642 g/mol. The quantitative estimate of drug-likeness (QED) is 0.244. The second-order valence-electron chi connectivity index (χ2n) is 13.5. The first-order valence-corrected chi connectivity index (χ1v) is 17.0. The van der Waals surface area contributed by atoms with Crippen LogP contribution >= 0.6 is 0 Å². The Kier molecular flexibility index (Phi) is 11.1. The van der Waals surface area contributed by atoms with Crippen molar-refractivity contribution >= 4 is 11.8 Å². The number of alkyl halides is 3. The van der Waals surface area contributed by atoms with E-state index in [1.165, 1.54) is 12.1 Å². The van der Waals surface area contributed by atoms with Gasteiger partial charge in [0.25, 0.3) is 0 Å². The summed E-state index contributed by atoms with van der Waals surface area (Å²) in [6.07, 6.45) is 3.82. The van der Waals surface area contributed by atoms with Crippen LogP contribution in [0.4, 0.5) is 18.0 Å². The summed E-state index contributed by atoms with van der Waals surface area (Å²) in [5.41, 5.74) is -1.60. The number of ketones is 1. The number of hydrogen-bond donors (Lipinski definition) is 3. The van der Waals surface area contributed by atoms with Crippen LogP contribution in [0.5, 0.6) is 0 Å². The average Bonchev–Trinajstić information content (AvgIpc) is 3.72. The molecule has 3 fully saturated rings. The van der Waals surface area contributed by atoms with Gasteiger partial charge in [-0.3, -0.25) is 4.79 Å². The fourth-order valence-electron chi connectivity index (χ4n) is 7.84. The van der Waals surface area contributed by atoms with Crippen molar-refractivity contribution in [3.05, 3.63) is 71.3 Å². The standard InChI is InChI=1S/C36H49F3N4O3/c1-2-3-9-20-43(33(45)41-23-27-14-16-30(17-15-27)36(37,38)39)31-18-21-42(22-19-31)26-34(32(44)28-10-7-8-11-28)24-40-25-35(34,46)29-12-5-4-6-13-29/h4-6,12-17,28,31,40,46H,2-3,7-11,18-26H2,1H3,(H,41,45)/t34-,35-/m1/s1. The molecule has 5 rings (SSSR count). The largest absolute Gasteiger partial charge is 0.416 e. The third kappa shape index (κ3) is 7.44. The topological polar surface area (TPSA) is 84.9 Å². The van der Waals surface area contributed by atoms with Crippen LogP contribution < -0.4 is 10.6 Å². The molecule has 1 aliphatic carbocycles. The van der Waals surface area contributed by atoms with Crippen molar-refractivity contribution in [1.82, 2.24) is 20.4 Å². The van der Waals surface area contributed by atoms with Gasteiger partial charge in [0.05, 0.1) is 11.0 Å². The van der Waals surface area contributed by atoms with Gasteiger partial charge in [-0.25, -0.2) is 4.79 Å². The Morgan fingerprint density at radius 1 is 0.978 bits per heavy atom. The molecule has 46 heavy (non-hydrogen) atoms. The molecule has 2 aromatic rings. The Balaban J connectivity index is 1.26. The van der Waals surface area contributed by atoms with Gasteiger partial charge < -0.3 is 25.5 Å². The Morgan fingerprint density at radius 3 is 2.28 bits per heavy atom. The fourth-order valence-corrected chi connectivity index (χ4v) is 7.84. The summed E-state index contributed by atoms with van der Waals surface area (Å²) in [5.74, 6) is 0.141. The summed E-state index contributed by atoms with van der Waals surface area (Å²) < 4.78 is 38.9. The second kappa shape index (κ2) is 14.9. The normalized spacial score (nSPS) is 24.7. The number of halogens is 3. The zero-order chi connectivity index (χ0) is 32.8. The molecule has 0 unspecified atom stereocenters. The van der Waals surface area contributed by atoms with Crippen LogP contribution in [0.2, 0.25) is 0 Å². The minimum atomic E-state index is -4.40. The molecule has 3 aliphatic rings. The SMILES string of the molecule is CCCCCN(C(=O)NCc1ccc(C(F)(F)F)cc1)C1CCN(C[C@@]2(C(=O)C3CCCC3)CNC[C@@]2(O)c2ccccc2)CC1. The summed E-state index contributed by atoms with van der Waals surface area (Å²) in [6, 6.07) is 14.3. The minimum absolute atomic E-state index is 0.0110. The third-order valence-electron chi connectivity index (χ3n) is 10.5. The van der Waals surface area contributed by atoms with Crippen molar-refractivity contribution in [2.24, 2.45) is 11.3 Å². The van der Waals surface area contributed by atoms with Crippen LogP contribution in [0.25, 0.3) is 0 Å². The lowest BCUT2D eigenvalue weighted by molar-refractivity contribution is -0.150. The van der Waals surface area contributed by atoms with Crippen LogP contribution in [0, 0.1) is 11.3 Å². The maximum absolute atomic E-state index is 14.4. The molecule has 2 atom stereocenters. The van der Waals surface area contributed by atoms with E-state index in [1.807, 2.05) is 35.2 Å². The number of amides is 2. The molecule has 2 saturated heterocycles. The average molecular weight is 643 g/mol. The van der Waals surface area contributed by atoms with Gasteiger partial charge in [0.15, 0.2) is 0 Å². The number of unbranched alkanes of at least 4 members (excludes halogenated alkanes) is 2. The Hall–Kier alpha value is -2.95. The molecule has 0 radical (unpaired) electrons. The van der Waals surface area contributed by atoms with Gasteiger partial charge in [-0.05, 0) is 55.4 Å². The Bertz CT molecular complexity index is 1290. The van der Waals surface area contributed by atoms with E-state index in [9.17, 15) is 27.9 Å². The number of urea groups is 1. The molecule has 2 heterocycles. The van der Waals surface area contributed by atoms with E-state index < -0.39 is 22.8 Å². The van der Waals surface area contributed by atoms with Gasteiger partial charge in [-0.2, -0.15) is 13.2 Å². The number of hydrogen-bond acceptors (Lipinski definition) is 5. The predicted octanol–water partition coefficient (Wildman–Crippen LogP) is 6.11. The zero-order valence-corrected chi connectivity index (χ0v) is 27.0. The van der Waals surface area contributed by atoms with Gasteiger partial charge in [0, 0.05) is 57.8 Å². The van der Waals surface area contributed by atoms with Crippen molar-refractivity contribution in [2.75, 3.05) is 39.3 Å². The van der Waals surface area contributed by atoms with Crippen molar-refractivity contribution < 1.29 is 27.9 Å². The number of aliphatic hydroxyl groups is 1. The molecule has 2 amide bonds. The summed E-state index contributed by atoms with van der Waals surface area (Å²) in [7, 11) is 0. The molecule has 0 bridgehead atoms. The second-order valence-corrected chi connectivity index (χ2v) is 13.5. The summed E-state index contributed by atoms with van der Waals surface area (Å²) >= 11 is 0. The van der Waals surface area contributed by atoms with Crippen LogP contribution in [0.15, 0.2) is 54.6 Å². The van der Waals surface area contributed by atoms with Gasteiger partial charge in [-0.15, -0.1) is 0 Å². The predicted molar refractivity (Wildman–Crippen MR) is 172 cm³/mol. The van der Waals surface area contributed by atoms with E-state index in [0.29, 0.717) is 44.8 Å². The number of likely N-dealkylation sites (tertiary alicyclic amines) is 1. The molecule has 1 saturated carbocycles. The van der Waals surface area contributed by atoms with Crippen LogP contribution in [-0.2, 0) is 23.1 Å². The van der Waals surface area contributed by atoms with E-state index in [-0.39, 0.29) is 30.3 Å². The third-order valence-corrected chi connectivity index (χ3v) is 10.5. The van der Waals surface area contributed by atoms with E-state index in [4.69, 9.17) is 0 Å². The molecule has 7 nitrogen and oxygen atoms in total. The van der Waals surface area contributed by atoms with Crippen molar-refractivity contribution in [3.63, 3.8) is 0 Å². The van der Waals surface area contributed by atoms with Gasteiger partial charge in [0.2, 0.25) is 0 Å². The van der Waals surface area contributed by atoms with Crippen molar-refractivity contribution in [3.8, 4) is 0 Å². The van der Waals surface area contributed by atoms with E-state index in [0.717, 1.165) is 75.5 Å². The highest BCUT2D eigenvalue weighted by Gasteiger charge is 2.61. The number of Topliss-reactive ketones (excluding diaryl/α,β-unsaturated/α-hetero) is 1. The maximum atomic E-state index is 14.4. The number of rotatable bonds is 12. The highest BCUT2D eigenvalue weighted by molar-refractivity contribution is 5.90. The van der Waals surface area contributed by atoms with Gasteiger partial charge in [-0.1, -0.05) is 75.1 Å². The lowest BCUT2D eigenvalue weighted by atomic mass is 9.64. The van der Waals surface area contributed by atoms with Crippen LogP contribution in [-0.4, -0.2) is 72.0 Å². The lowest BCUT2D eigenvalue weighted by Gasteiger charge is -2.47.